The van der Waals surface area contributed by atoms with Gasteiger partial charge < -0.3 is 0 Å². The molecule has 17 heavy (non-hydrogen) atoms. The van der Waals surface area contributed by atoms with E-state index >= 15 is 0 Å². The fraction of sp³-hybridized carbons (Fsp3) is 0.385. The van der Waals surface area contributed by atoms with Crippen LogP contribution in [-0.2, 0) is 11.3 Å². The van der Waals surface area contributed by atoms with E-state index in [9.17, 15) is 9.18 Å². The Hall–Kier alpha value is -1.71. The quantitative estimate of drug-likeness (QED) is 0.791. The van der Waals surface area contributed by atoms with Crippen molar-refractivity contribution in [2.75, 3.05) is 0 Å². The van der Waals surface area contributed by atoms with E-state index in [2.05, 4.69) is 5.10 Å². The maximum absolute atomic E-state index is 13.0. The van der Waals surface area contributed by atoms with Crippen LogP contribution in [0, 0.1) is 11.7 Å². The molecule has 0 unspecified atom stereocenters. The Morgan fingerprint density at radius 3 is 2.82 bits per heavy atom. The fourth-order valence-electron chi connectivity index (χ4n) is 1.74. The van der Waals surface area contributed by atoms with Gasteiger partial charge in [0.05, 0.1) is 18.7 Å². The zero-order valence-electron chi connectivity index (χ0n) is 9.98. The van der Waals surface area contributed by atoms with Crippen molar-refractivity contribution in [1.82, 2.24) is 5.01 Å². The summed E-state index contributed by atoms with van der Waals surface area (Å²) in [6, 6.07) is 6.24. The summed E-state index contributed by atoms with van der Waals surface area (Å²) in [5.41, 5.74) is 1.65. The second-order valence-electron chi connectivity index (χ2n) is 4.50. The van der Waals surface area contributed by atoms with Crippen LogP contribution in [0.15, 0.2) is 29.4 Å². The molecule has 1 aliphatic heterocycles. The van der Waals surface area contributed by atoms with Gasteiger partial charge in [-0.25, -0.2) is 9.40 Å². The third kappa shape index (κ3) is 2.70. The Balaban J connectivity index is 2.12. The molecule has 0 aliphatic carbocycles. The minimum absolute atomic E-state index is 0.0158. The molecule has 4 heteroatoms. The predicted molar refractivity (Wildman–Crippen MR) is 63.8 cm³/mol. The van der Waals surface area contributed by atoms with Crippen LogP contribution in [0.4, 0.5) is 4.39 Å². The lowest BCUT2D eigenvalue weighted by Gasteiger charge is -2.11. The van der Waals surface area contributed by atoms with Gasteiger partial charge in [-0.1, -0.05) is 26.0 Å². The molecule has 1 heterocycles. The summed E-state index contributed by atoms with van der Waals surface area (Å²) in [4.78, 5) is 11.7. The summed E-state index contributed by atoms with van der Waals surface area (Å²) in [7, 11) is 0. The first-order chi connectivity index (χ1) is 8.06. The van der Waals surface area contributed by atoms with Crippen molar-refractivity contribution >= 4 is 11.6 Å². The minimum Gasteiger partial charge on any atom is -0.273 e. The molecule has 0 fully saturated rings. The van der Waals surface area contributed by atoms with E-state index in [0.717, 1.165) is 11.3 Å². The van der Waals surface area contributed by atoms with Crippen LogP contribution >= 0.6 is 0 Å². The lowest BCUT2D eigenvalue weighted by atomic mass is 10.1. The number of carbonyl (C=O) groups excluding carboxylic acids is 1. The van der Waals surface area contributed by atoms with Crippen LogP contribution in [0.2, 0.25) is 0 Å². The zero-order valence-corrected chi connectivity index (χ0v) is 9.98. The summed E-state index contributed by atoms with van der Waals surface area (Å²) in [6.45, 7) is 4.36. The van der Waals surface area contributed by atoms with Gasteiger partial charge in [-0.2, -0.15) is 5.10 Å². The maximum atomic E-state index is 13.0. The first kappa shape index (κ1) is 11.8. The number of hydrogen-bond acceptors (Lipinski definition) is 2. The van der Waals surface area contributed by atoms with Gasteiger partial charge >= 0.3 is 0 Å². The van der Waals surface area contributed by atoms with Gasteiger partial charge in [0.2, 0.25) is 5.91 Å². The number of nitrogens with zero attached hydrogens (tertiary/aromatic N) is 2. The third-order valence-corrected chi connectivity index (χ3v) is 2.76. The molecule has 0 saturated carbocycles. The van der Waals surface area contributed by atoms with Crippen LogP contribution < -0.4 is 0 Å². The lowest BCUT2D eigenvalue weighted by molar-refractivity contribution is -0.129. The average molecular weight is 234 g/mol. The topological polar surface area (TPSA) is 32.7 Å². The molecule has 0 radical (unpaired) electrons. The highest BCUT2D eigenvalue weighted by atomic mass is 19.1. The van der Waals surface area contributed by atoms with Crippen LogP contribution in [-0.4, -0.2) is 16.6 Å². The van der Waals surface area contributed by atoms with E-state index < -0.39 is 0 Å². The first-order valence-electron chi connectivity index (χ1n) is 5.68. The second-order valence-corrected chi connectivity index (χ2v) is 4.50. The van der Waals surface area contributed by atoms with Crippen LogP contribution in [0.1, 0.15) is 25.8 Å². The standard InChI is InChI=1S/C13H15FN2O/c1-9(2)12-7-13(17)16(15-12)8-10-4-3-5-11(14)6-10/h3-6,9H,7-8H2,1-2H3. The van der Waals surface area contributed by atoms with Crippen molar-refractivity contribution < 1.29 is 9.18 Å². The highest BCUT2D eigenvalue weighted by Crippen LogP contribution is 2.17. The molecule has 3 nitrogen and oxygen atoms in total. The van der Waals surface area contributed by atoms with E-state index in [1.165, 1.54) is 17.1 Å². The SMILES string of the molecule is CC(C)C1=NN(Cc2cccc(F)c2)C(=O)C1. The van der Waals surface area contributed by atoms with Gasteiger partial charge in [-0.05, 0) is 23.6 Å². The van der Waals surface area contributed by atoms with Gasteiger partial charge in [0.25, 0.3) is 0 Å². The molecule has 2 rings (SSSR count). The van der Waals surface area contributed by atoms with Crippen molar-refractivity contribution in [2.24, 2.45) is 11.0 Å². The van der Waals surface area contributed by atoms with Crippen molar-refractivity contribution in [3.8, 4) is 0 Å². The number of hydrazone groups is 1. The first-order valence-corrected chi connectivity index (χ1v) is 5.68. The highest BCUT2D eigenvalue weighted by molar-refractivity contribution is 6.05. The van der Waals surface area contributed by atoms with Gasteiger partial charge in [-0.15, -0.1) is 0 Å². The monoisotopic (exact) mass is 234 g/mol. The maximum Gasteiger partial charge on any atom is 0.248 e. The number of carbonyl (C=O) groups is 1. The number of benzene rings is 1. The van der Waals surface area contributed by atoms with Crippen molar-refractivity contribution in [2.45, 2.75) is 26.8 Å². The Morgan fingerprint density at radius 1 is 1.47 bits per heavy atom. The van der Waals surface area contributed by atoms with E-state index in [4.69, 9.17) is 0 Å². The van der Waals surface area contributed by atoms with Gasteiger partial charge in [0.15, 0.2) is 0 Å². The summed E-state index contributed by atoms with van der Waals surface area (Å²) in [5.74, 6) is -0.0309. The summed E-state index contributed by atoms with van der Waals surface area (Å²) in [6.07, 6.45) is 0.382. The summed E-state index contributed by atoms with van der Waals surface area (Å²) in [5, 5.41) is 5.69. The van der Waals surface area contributed by atoms with E-state index in [0.29, 0.717) is 13.0 Å². The molecule has 0 atom stereocenters. The number of hydrogen-bond donors (Lipinski definition) is 0. The molecule has 0 bridgehead atoms. The van der Waals surface area contributed by atoms with Crippen molar-refractivity contribution in [3.05, 3.63) is 35.6 Å². The summed E-state index contributed by atoms with van der Waals surface area (Å²) < 4.78 is 13.0. The summed E-state index contributed by atoms with van der Waals surface area (Å²) >= 11 is 0. The average Bonchev–Trinajstić information content (AvgIpc) is 2.61. The zero-order chi connectivity index (χ0) is 12.4. The van der Waals surface area contributed by atoms with Crippen LogP contribution in [0.5, 0.6) is 0 Å². The highest BCUT2D eigenvalue weighted by Gasteiger charge is 2.25. The molecular weight excluding hydrogens is 219 g/mol. The molecule has 1 aromatic carbocycles. The van der Waals surface area contributed by atoms with Gasteiger partial charge in [0, 0.05) is 0 Å². The fourth-order valence-corrected chi connectivity index (χ4v) is 1.74. The second kappa shape index (κ2) is 4.65. The smallest absolute Gasteiger partial charge is 0.248 e. The Kier molecular flexibility index (Phi) is 3.22. The number of halogens is 1. The van der Waals surface area contributed by atoms with Gasteiger partial charge in [0.1, 0.15) is 5.82 Å². The van der Waals surface area contributed by atoms with Crippen LogP contribution in [0.25, 0.3) is 0 Å². The molecule has 0 saturated heterocycles. The normalized spacial score (nSPS) is 15.6. The molecule has 0 N–H and O–H groups in total. The van der Waals surface area contributed by atoms with Crippen molar-refractivity contribution in [1.29, 1.82) is 0 Å². The Labute approximate surface area is 99.9 Å². The van der Waals surface area contributed by atoms with Crippen molar-refractivity contribution in [3.63, 3.8) is 0 Å². The van der Waals surface area contributed by atoms with E-state index in [-0.39, 0.29) is 17.6 Å². The Morgan fingerprint density at radius 2 is 2.24 bits per heavy atom. The third-order valence-electron chi connectivity index (χ3n) is 2.76. The molecule has 1 aromatic rings. The molecular formula is C13H15FN2O. The Bertz CT molecular complexity index is 468. The van der Waals surface area contributed by atoms with Crippen LogP contribution in [0.3, 0.4) is 0 Å². The molecule has 1 amide bonds. The number of rotatable bonds is 3. The molecule has 90 valence electrons. The number of amides is 1. The van der Waals surface area contributed by atoms with E-state index in [1.807, 2.05) is 13.8 Å². The van der Waals surface area contributed by atoms with Gasteiger partial charge in [-0.3, -0.25) is 4.79 Å². The predicted octanol–water partition coefficient (Wildman–Crippen LogP) is 2.57. The lowest BCUT2D eigenvalue weighted by Crippen LogP contribution is -2.20. The molecule has 1 aliphatic rings. The van der Waals surface area contributed by atoms with E-state index in [1.54, 1.807) is 12.1 Å². The minimum atomic E-state index is -0.290. The largest absolute Gasteiger partial charge is 0.273 e. The molecule has 0 spiro atoms. The molecule has 0 aromatic heterocycles.